The summed E-state index contributed by atoms with van der Waals surface area (Å²) in [6, 6.07) is 20.1. The van der Waals surface area contributed by atoms with E-state index in [4.69, 9.17) is 0 Å². The van der Waals surface area contributed by atoms with Gasteiger partial charge in [0, 0.05) is 11.1 Å². The van der Waals surface area contributed by atoms with Crippen molar-refractivity contribution in [2.75, 3.05) is 0 Å². The van der Waals surface area contributed by atoms with Crippen molar-refractivity contribution in [2.45, 2.75) is 19.1 Å². The predicted molar refractivity (Wildman–Crippen MR) is 104 cm³/mol. The van der Waals surface area contributed by atoms with Crippen LogP contribution in [0.15, 0.2) is 72.8 Å². The van der Waals surface area contributed by atoms with Crippen molar-refractivity contribution < 1.29 is 18.0 Å². The maximum absolute atomic E-state index is 13.0. The van der Waals surface area contributed by atoms with Gasteiger partial charge in [-0.2, -0.15) is 18.4 Å². The first-order valence-corrected chi connectivity index (χ1v) is 8.88. The second kappa shape index (κ2) is 8.19. The molecule has 0 saturated heterocycles. The molecule has 3 rings (SSSR count). The molecule has 0 fully saturated rings. The Morgan fingerprint density at radius 2 is 1.62 bits per heavy atom. The zero-order chi connectivity index (χ0) is 21.0. The molecule has 1 amide bonds. The molecule has 1 N–H and O–H groups in total. The van der Waals surface area contributed by atoms with Crippen molar-refractivity contribution >= 4 is 5.91 Å². The largest absolute Gasteiger partial charge is 0.416 e. The number of amides is 1. The third-order valence-corrected chi connectivity index (χ3v) is 4.57. The van der Waals surface area contributed by atoms with Gasteiger partial charge in [0.2, 0.25) is 0 Å². The molecule has 3 aromatic carbocycles. The fourth-order valence-corrected chi connectivity index (χ4v) is 3.07. The summed E-state index contributed by atoms with van der Waals surface area (Å²) in [5, 5.41) is 12.1. The Kier molecular flexibility index (Phi) is 5.69. The fourth-order valence-electron chi connectivity index (χ4n) is 3.07. The average Bonchev–Trinajstić information content (AvgIpc) is 2.73. The molecular weight excluding hydrogens is 377 g/mol. The molecule has 29 heavy (non-hydrogen) atoms. The summed E-state index contributed by atoms with van der Waals surface area (Å²) >= 11 is 0. The average molecular weight is 394 g/mol. The molecule has 0 unspecified atom stereocenters. The Morgan fingerprint density at radius 1 is 0.966 bits per heavy atom. The molecule has 3 aromatic rings. The first-order valence-electron chi connectivity index (χ1n) is 8.88. The smallest absolute Gasteiger partial charge is 0.345 e. The number of hydrogen-bond donors (Lipinski definition) is 1. The lowest BCUT2D eigenvalue weighted by Gasteiger charge is -2.18. The summed E-state index contributed by atoms with van der Waals surface area (Å²) in [6.45, 7) is 1.62. The molecule has 0 spiro atoms. The Balaban J connectivity index is 1.90. The number of nitrogens with one attached hydrogen (secondary N) is 1. The quantitative estimate of drug-likeness (QED) is 0.614. The van der Waals surface area contributed by atoms with Crippen LogP contribution in [-0.4, -0.2) is 5.91 Å². The molecule has 146 valence electrons. The molecular formula is C23H17F3N2O. The number of benzene rings is 3. The molecule has 0 aliphatic carbocycles. The lowest BCUT2D eigenvalue weighted by atomic mass is 9.95. The third kappa shape index (κ3) is 4.46. The van der Waals surface area contributed by atoms with Crippen molar-refractivity contribution in [3.8, 4) is 17.2 Å². The van der Waals surface area contributed by atoms with Gasteiger partial charge < -0.3 is 5.32 Å². The number of carbonyl (C=O) groups is 1. The number of rotatable bonds is 4. The highest BCUT2D eigenvalue weighted by Gasteiger charge is 2.30. The standard InChI is InChI=1S/C23H17F3N2O/c1-15(16-8-6-9-18(13-16)23(24,25)26)28-22(29)21-12-5-4-11-20(21)19-10-3-2-7-17(19)14-27/h2-13,15H,1H3,(H,28,29)/t15-/m1/s1. The van der Waals surface area contributed by atoms with E-state index >= 15 is 0 Å². The maximum atomic E-state index is 13.0. The number of hydrogen-bond acceptors (Lipinski definition) is 2. The van der Waals surface area contributed by atoms with Crippen LogP contribution in [0.1, 0.15) is 40.0 Å². The SMILES string of the molecule is C[C@@H](NC(=O)c1ccccc1-c1ccccc1C#N)c1cccc(C(F)(F)F)c1. The van der Waals surface area contributed by atoms with Crippen molar-refractivity contribution in [1.82, 2.24) is 5.32 Å². The van der Waals surface area contributed by atoms with E-state index in [9.17, 15) is 23.2 Å². The highest BCUT2D eigenvalue weighted by atomic mass is 19.4. The summed E-state index contributed by atoms with van der Waals surface area (Å²) < 4.78 is 38.9. The minimum atomic E-state index is -4.45. The van der Waals surface area contributed by atoms with Gasteiger partial charge in [0.1, 0.15) is 0 Å². The highest BCUT2D eigenvalue weighted by molar-refractivity contribution is 6.01. The van der Waals surface area contributed by atoms with Crippen molar-refractivity contribution in [3.63, 3.8) is 0 Å². The molecule has 0 aliphatic heterocycles. The van der Waals surface area contributed by atoms with Gasteiger partial charge in [0.15, 0.2) is 0 Å². The van der Waals surface area contributed by atoms with E-state index in [1.807, 2.05) is 0 Å². The van der Waals surface area contributed by atoms with Gasteiger partial charge in [-0.25, -0.2) is 0 Å². The number of halogens is 3. The zero-order valence-corrected chi connectivity index (χ0v) is 15.5. The minimum absolute atomic E-state index is 0.342. The van der Waals surface area contributed by atoms with E-state index < -0.39 is 23.7 Å². The van der Waals surface area contributed by atoms with Gasteiger partial charge in [0.25, 0.3) is 5.91 Å². The monoisotopic (exact) mass is 394 g/mol. The summed E-state index contributed by atoms with van der Waals surface area (Å²) in [6.07, 6.45) is -4.45. The lowest BCUT2D eigenvalue weighted by molar-refractivity contribution is -0.137. The molecule has 0 bridgehead atoms. The Labute approximate surface area is 166 Å². The number of nitrogens with zero attached hydrogens (tertiary/aromatic N) is 1. The van der Waals surface area contributed by atoms with Gasteiger partial charge in [-0.05, 0) is 42.3 Å². The van der Waals surface area contributed by atoms with Crippen molar-refractivity contribution in [2.24, 2.45) is 0 Å². The zero-order valence-electron chi connectivity index (χ0n) is 15.5. The fraction of sp³-hybridized carbons (Fsp3) is 0.130. The molecule has 1 atom stereocenters. The van der Waals surface area contributed by atoms with Gasteiger partial charge in [-0.3, -0.25) is 4.79 Å². The van der Waals surface area contributed by atoms with E-state index in [0.717, 1.165) is 12.1 Å². The Morgan fingerprint density at radius 3 is 2.31 bits per heavy atom. The van der Waals surface area contributed by atoms with E-state index in [2.05, 4.69) is 11.4 Å². The van der Waals surface area contributed by atoms with E-state index in [-0.39, 0.29) is 0 Å². The minimum Gasteiger partial charge on any atom is -0.345 e. The van der Waals surface area contributed by atoms with E-state index in [1.165, 1.54) is 12.1 Å². The van der Waals surface area contributed by atoms with Crippen LogP contribution in [-0.2, 0) is 6.18 Å². The van der Waals surface area contributed by atoms with Crippen LogP contribution in [0, 0.1) is 11.3 Å². The topological polar surface area (TPSA) is 52.9 Å². The van der Waals surface area contributed by atoms with Gasteiger partial charge >= 0.3 is 6.18 Å². The molecule has 6 heteroatoms. The summed E-state index contributed by atoms with van der Waals surface area (Å²) in [5.74, 6) is -0.432. The predicted octanol–water partition coefficient (Wildman–Crippen LogP) is 5.74. The summed E-state index contributed by atoms with van der Waals surface area (Å²) in [5.41, 5.74) is 1.56. The second-order valence-electron chi connectivity index (χ2n) is 6.52. The number of carbonyl (C=O) groups excluding carboxylic acids is 1. The normalized spacial score (nSPS) is 12.1. The Hall–Kier alpha value is -3.59. The maximum Gasteiger partial charge on any atom is 0.416 e. The lowest BCUT2D eigenvalue weighted by Crippen LogP contribution is -2.27. The van der Waals surface area contributed by atoms with Crippen LogP contribution < -0.4 is 5.32 Å². The van der Waals surface area contributed by atoms with Gasteiger partial charge in [-0.1, -0.05) is 48.5 Å². The first kappa shape index (κ1) is 20.2. The highest BCUT2D eigenvalue weighted by Crippen LogP contribution is 2.31. The van der Waals surface area contributed by atoms with Crippen LogP contribution in [0.4, 0.5) is 13.2 Å². The summed E-state index contributed by atoms with van der Waals surface area (Å²) in [4.78, 5) is 12.9. The molecule has 0 saturated carbocycles. The summed E-state index contributed by atoms with van der Waals surface area (Å²) in [7, 11) is 0. The molecule has 3 nitrogen and oxygen atoms in total. The van der Waals surface area contributed by atoms with Crippen LogP contribution in [0.5, 0.6) is 0 Å². The van der Waals surface area contributed by atoms with Gasteiger partial charge in [-0.15, -0.1) is 0 Å². The molecule has 0 radical (unpaired) electrons. The third-order valence-electron chi connectivity index (χ3n) is 4.57. The molecule has 0 aromatic heterocycles. The molecule has 0 aliphatic rings. The first-order chi connectivity index (χ1) is 13.8. The number of alkyl halides is 3. The van der Waals surface area contributed by atoms with Crippen molar-refractivity contribution in [3.05, 3.63) is 95.1 Å². The molecule has 0 heterocycles. The van der Waals surface area contributed by atoms with E-state index in [0.29, 0.717) is 27.8 Å². The van der Waals surface area contributed by atoms with Crippen molar-refractivity contribution in [1.29, 1.82) is 5.26 Å². The van der Waals surface area contributed by atoms with Crippen LogP contribution in [0.3, 0.4) is 0 Å². The van der Waals surface area contributed by atoms with Crippen LogP contribution in [0.25, 0.3) is 11.1 Å². The number of nitriles is 1. The van der Waals surface area contributed by atoms with Crippen LogP contribution >= 0.6 is 0 Å². The second-order valence-corrected chi connectivity index (χ2v) is 6.52. The Bertz CT molecular complexity index is 1080. The van der Waals surface area contributed by atoms with Gasteiger partial charge in [0.05, 0.1) is 23.2 Å². The van der Waals surface area contributed by atoms with Crippen LogP contribution in [0.2, 0.25) is 0 Å². The van der Waals surface area contributed by atoms with E-state index in [1.54, 1.807) is 55.5 Å².